The van der Waals surface area contributed by atoms with E-state index >= 15 is 0 Å². The fraction of sp³-hybridized carbons (Fsp3) is 0.462. The summed E-state index contributed by atoms with van der Waals surface area (Å²) in [5, 5.41) is 20.7. The Balaban J connectivity index is 2.08. The number of rotatable bonds is 5. The lowest BCUT2D eigenvalue weighted by Gasteiger charge is -2.26. The molecule has 0 aliphatic rings. The maximum absolute atomic E-state index is 9.35. The van der Waals surface area contributed by atoms with E-state index in [1.165, 1.54) is 0 Å². The van der Waals surface area contributed by atoms with Gasteiger partial charge in [-0.1, -0.05) is 13.8 Å². The summed E-state index contributed by atoms with van der Waals surface area (Å²) in [5.41, 5.74) is 2.04. The molecule has 2 rings (SSSR count). The molecular formula is C13H19N3O. The van der Waals surface area contributed by atoms with Crippen LogP contribution in [0.1, 0.15) is 20.3 Å². The number of aliphatic hydroxyl groups excluding tert-OH is 1. The highest BCUT2D eigenvalue weighted by Crippen LogP contribution is 2.22. The molecule has 0 aliphatic carbocycles. The highest BCUT2D eigenvalue weighted by atomic mass is 16.3. The summed E-state index contributed by atoms with van der Waals surface area (Å²) in [6.45, 7) is 5.14. The van der Waals surface area contributed by atoms with Gasteiger partial charge in [0.05, 0.1) is 18.3 Å². The topological polar surface area (TPSA) is 60.9 Å². The Morgan fingerprint density at radius 3 is 3.00 bits per heavy atom. The molecule has 0 saturated heterocycles. The molecule has 0 saturated carbocycles. The van der Waals surface area contributed by atoms with Crippen LogP contribution in [-0.2, 0) is 0 Å². The summed E-state index contributed by atoms with van der Waals surface area (Å²) in [6, 6.07) is 6.09. The SMILES string of the molecule is CCC(C)(CO)CNc1ccc2[nH]ncc2c1. The standard InChI is InChI=1S/C13H19N3O/c1-3-13(2,9-17)8-14-11-4-5-12-10(6-11)7-15-16-12/h4-7,14,17H,3,8-9H2,1-2H3,(H,15,16). The molecule has 0 amide bonds. The fourth-order valence-electron chi connectivity index (χ4n) is 1.66. The smallest absolute Gasteiger partial charge is 0.0651 e. The van der Waals surface area contributed by atoms with E-state index in [9.17, 15) is 5.11 Å². The predicted octanol–water partition coefficient (Wildman–Crippen LogP) is 2.38. The minimum Gasteiger partial charge on any atom is -0.396 e. The fourth-order valence-corrected chi connectivity index (χ4v) is 1.66. The Bertz CT molecular complexity index is 488. The van der Waals surface area contributed by atoms with E-state index in [2.05, 4.69) is 35.4 Å². The zero-order valence-corrected chi connectivity index (χ0v) is 10.3. The van der Waals surface area contributed by atoms with Gasteiger partial charge < -0.3 is 10.4 Å². The maximum Gasteiger partial charge on any atom is 0.0651 e. The monoisotopic (exact) mass is 233 g/mol. The third kappa shape index (κ3) is 2.58. The van der Waals surface area contributed by atoms with Crippen molar-refractivity contribution in [1.29, 1.82) is 0 Å². The molecular weight excluding hydrogens is 214 g/mol. The highest BCUT2D eigenvalue weighted by Gasteiger charge is 2.20. The summed E-state index contributed by atoms with van der Waals surface area (Å²) < 4.78 is 0. The van der Waals surface area contributed by atoms with Gasteiger partial charge in [-0.3, -0.25) is 5.10 Å². The van der Waals surface area contributed by atoms with Crippen molar-refractivity contribution in [3.8, 4) is 0 Å². The van der Waals surface area contributed by atoms with Gasteiger partial charge >= 0.3 is 0 Å². The lowest BCUT2D eigenvalue weighted by molar-refractivity contribution is 0.149. The number of aliphatic hydroxyl groups is 1. The second-order valence-corrected chi connectivity index (χ2v) is 4.85. The molecule has 2 aromatic rings. The summed E-state index contributed by atoms with van der Waals surface area (Å²) >= 11 is 0. The molecule has 1 aromatic heterocycles. The summed E-state index contributed by atoms with van der Waals surface area (Å²) in [7, 11) is 0. The third-order valence-electron chi connectivity index (χ3n) is 3.39. The number of hydrogen-bond acceptors (Lipinski definition) is 3. The van der Waals surface area contributed by atoms with Crippen LogP contribution in [0.5, 0.6) is 0 Å². The van der Waals surface area contributed by atoms with Crippen LogP contribution in [0.3, 0.4) is 0 Å². The minimum absolute atomic E-state index is 0.0641. The Kier molecular flexibility index (Phi) is 3.33. The summed E-state index contributed by atoms with van der Waals surface area (Å²) in [4.78, 5) is 0. The quantitative estimate of drug-likeness (QED) is 0.743. The molecule has 0 bridgehead atoms. The van der Waals surface area contributed by atoms with E-state index in [0.29, 0.717) is 0 Å². The van der Waals surface area contributed by atoms with Gasteiger partial charge in [-0.05, 0) is 24.6 Å². The molecule has 0 radical (unpaired) electrons. The van der Waals surface area contributed by atoms with Gasteiger partial charge in [0.1, 0.15) is 0 Å². The normalized spacial score (nSPS) is 14.8. The Hall–Kier alpha value is -1.55. The Morgan fingerprint density at radius 1 is 1.47 bits per heavy atom. The van der Waals surface area contributed by atoms with Crippen LogP contribution in [0.2, 0.25) is 0 Å². The van der Waals surface area contributed by atoms with Gasteiger partial charge in [0.15, 0.2) is 0 Å². The number of hydrogen-bond donors (Lipinski definition) is 3. The first kappa shape index (κ1) is 11.9. The Morgan fingerprint density at radius 2 is 2.29 bits per heavy atom. The zero-order valence-electron chi connectivity index (χ0n) is 10.3. The Labute approximate surface area is 101 Å². The first-order valence-electron chi connectivity index (χ1n) is 5.95. The van der Waals surface area contributed by atoms with Crippen LogP contribution in [0.15, 0.2) is 24.4 Å². The number of nitrogens with zero attached hydrogens (tertiary/aromatic N) is 1. The first-order chi connectivity index (χ1) is 8.17. The van der Waals surface area contributed by atoms with E-state index in [1.807, 2.05) is 18.3 Å². The minimum atomic E-state index is -0.0641. The predicted molar refractivity (Wildman–Crippen MR) is 70.1 cm³/mol. The zero-order chi connectivity index (χ0) is 12.3. The highest BCUT2D eigenvalue weighted by molar-refractivity contribution is 5.81. The molecule has 3 N–H and O–H groups in total. The molecule has 4 nitrogen and oxygen atoms in total. The van der Waals surface area contributed by atoms with E-state index in [0.717, 1.165) is 29.6 Å². The van der Waals surface area contributed by atoms with Gasteiger partial charge in [0.2, 0.25) is 0 Å². The molecule has 92 valence electrons. The van der Waals surface area contributed by atoms with Crippen molar-refractivity contribution < 1.29 is 5.11 Å². The lowest BCUT2D eigenvalue weighted by atomic mass is 9.88. The van der Waals surface area contributed by atoms with Gasteiger partial charge in [0.25, 0.3) is 0 Å². The van der Waals surface area contributed by atoms with Gasteiger partial charge in [-0.25, -0.2) is 0 Å². The van der Waals surface area contributed by atoms with Crippen LogP contribution < -0.4 is 5.32 Å². The second kappa shape index (κ2) is 4.75. The average molecular weight is 233 g/mol. The molecule has 1 atom stereocenters. The molecule has 1 unspecified atom stereocenters. The van der Waals surface area contributed by atoms with Crippen molar-refractivity contribution in [3.63, 3.8) is 0 Å². The number of aromatic amines is 1. The van der Waals surface area contributed by atoms with Crippen molar-refractivity contribution >= 4 is 16.6 Å². The van der Waals surface area contributed by atoms with E-state index in [4.69, 9.17) is 0 Å². The van der Waals surface area contributed by atoms with Crippen molar-refractivity contribution in [2.45, 2.75) is 20.3 Å². The number of fused-ring (bicyclic) bond motifs is 1. The van der Waals surface area contributed by atoms with Crippen LogP contribution in [0.25, 0.3) is 10.9 Å². The van der Waals surface area contributed by atoms with Crippen molar-refractivity contribution in [2.24, 2.45) is 5.41 Å². The van der Waals surface area contributed by atoms with Gasteiger partial charge in [-0.2, -0.15) is 5.10 Å². The van der Waals surface area contributed by atoms with Crippen molar-refractivity contribution in [1.82, 2.24) is 10.2 Å². The van der Waals surface area contributed by atoms with Crippen LogP contribution in [0.4, 0.5) is 5.69 Å². The molecule has 0 aliphatic heterocycles. The first-order valence-corrected chi connectivity index (χ1v) is 5.95. The molecule has 17 heavy (non-hydrogen) atoms. The van der Waals surface area contributed by atoms with E-state index in [-0.39, 0.29) is 12.0 Å². The number of anilines is 1. The average Bonchev–Trinajstić information content (AvgIpc) is 2.83. The van der Waals surface area contributed by atoms with Gasteiger partial charge in [0, 0.05) is 23.0 Å². The van der Waals surface area contributed by atoms with Crippen LogP contribution in [-0.4, -0.2) is 28.5 Å². The number of aromatic nitrogens is 2. The van der Waals surface area contributed by atoms with E-state index in [1.54, 1.807) is 0 Å². The number of benzene rings is 1. The van der Waals surface area contributed by atoms with Gasteiger partial charge in [-0.15, -0.1) is 0 Å². The van der Waals surface area contributed by atoms with Crippen molar-refractivity contribution in [3.05, 3.63) is 24.4 Å². The second-order valence-electron chi connectivity index (χ2n) is 4.85. The molecule has 1 heterocycles. The molecule has 1 aromatic carbocycles. The molecule has 0 spiro atoms. The largest absolute Gasteiger partial charge is 0.396 e. The summed E-state index contributed by atoms with van der Waals surface area (Å²) in [5.74, 6) is 0. The lowest BCUT2D eigenvalue weighted by Crippen LogP contribution is -2.29. The van der Waals surface area contributed by atoms with Crippen LogP contribution in [0, 0.1) is 5.41 Å². The third-order valence-corrected chi connectivity index (χ3v) is 3.39. The van der Waals surface area contributed by atoms with Crippen molar-refractivity contribution in [2.75, 3.05) is 18.5 Å². The molecule has 0 fully saturated rings. The number of nitrogens with one attached hydrogen (secondary N) is 2. The van der Waals surface area contributed by atoms with E-state index < -0.39 is 0 Å². The number of H-pyrrole nitrogens is 1. The molecule has 4 heteroatoms. The summed E-state index contributed by atoms with van der Waals surface area (Å²) in [6.07, 6.45) is 2.76. The maximum atomic E-state index is 9.35. The van der Waals surface area contributed by atoms with Crippen LogP contribution >= 0.6 is 0 Å².